The molecule has 1 aromatic rings. The van der Waals surface area contributed by atoms with E-state index in [1.165, 1.54) is 0 Å². The Morgan fingerprint density at radius 3 is 2.84 bits per heavy atom. The number of halogens is 1. The number of nitrogens with one attached hydrogen (secondary N) is 2. The maximum atomic E-state index is 11.7. The third-order valence-electron chi connectivity index (χ3n) is 2.67. The number of hydrogen-bond donors (Lipinski definition) is 2. The quantitative estimate of drug-likeness (QED) is 0.841. The van der Waals surface area contributed by atoms with Crippen molar-refractivity contribution in [3.63, 3.8) is 0 Å². The molecule has 102 valence electrons. The first-order valence-corrected chi connectivity index (χ1v) is 6.67. The first kappa shape index (κ1) is 15.3. The Morgan fingerprint density at radius 2 is 2.26 bits per heavy atom. The van der Waals surface area contributed by atoms with Crippen molar-refractivity contribution in [2.45, 2.75) is 32.7 Å². The summed E-state index contributed by atoms with van der Waals surface area (Å²) in [4.78, 5) is 11.7. The molecule has 0 aliphatic rings. The Bertz CT molecular complexity index is 482. The summed E-state index contributed by atoms with van der Waals surface area (Å²) in [6.07, 6.45) is 2.00. The maximum absolute atomic E-state index is 11.7. The van der Waals surface area contributed by atoms with Gasteiger partial charge < -0.3 is 10.6 Å². The fraction of sp³-hybridized carbons (Fsp3) is 0.429. The van der Waals surface area contributed by atoms with Crippen LogP contribution in [0.1, 0.15) is 32.3 Å². The van der Waals surface area contributed by atoms with E-state index < -0.39 is 0 Å². The van der Waals surface area contributed by atoms with Crippen LogP contribution in [0, 0.1) is 11.3 Å². The summed E-state index contributed by atoms with van der Waals surface area (Å²) in [5.41, 5.74) is 1.15. The number of rotatable bonds is 6. The fourth-order valence-electron chi connectivity index (χ4n) is 1.73. The van der Waals surface area contributed by atoms with Gasteiger partial charge in [0, 0.05) is 6.04 Å². The van der Waals surface area contributed by atoms with Gasteiger partial charge in [-0.1, -0.05) is 24.9 Å². The largest absolute Gasteiger partial charge is 0.375 e. The normalized spacial score (nSPS) is 11.5. The van der Waals surface area contributed by atoms with Crippen LogP contribution in [-0.2, 0) is 4.79 Å². The second-order valence-corrected chi connectivity index (χ2v) is 4.82. The van der Waals surface area contributed by atoms with E-state index in [-0.39, 0.29) is 18.5 Å². The number of nitrogens with zero attached hydrogens (tertiary/aromatic N) is 1. The van der Waals surface area contributed by atoms with Gasteiger partial charge in [0.25, 0.3) is 0 Å². The Kier molecular flexibility index (Phi) is 6.17. The van der Waals surface area contributed by atoms with E-state index >= 15 is 0 Å². The van der Waals surface area contributed by atoms with Gasteiger partial charge in [-0.2, -0.15) is 5.26 Å². The molecule has 0 radical (unpaired) electrons. The molecule has 0 spiro atoms. The molecule has 1 unspecified atom stereocenters. The van der Waals surface area contributed by atoms with Crippen LogP contribution in [-0.4, -0.2) is 18.5 Å². The molecule has 0 aliphatic carbocycles. The van der Waals surface area contributed by atoms with Crippen LogP contribution in [0.15, 0.2) is 18.2 Å². The van der Waals surface area contributed by atoms with E-state index in [0.29, 0.717) is 16.3 Å². The van der Waals surface area contributed by atoms with Crippen molar-refractivity contribution >= 4 is 23.2 Å². The average molecular weight is 280 g/mol. The van der Waals surface area contributed by atoms with E-state index in [4.69, 9.17) is 16.9 Å². The zero-order valence-electron chi connectivity index (χ0n) is 11.2. The van der Waals surface area contributed by atoms with Gasteiger partial charge >= 0.3 is 0 Å². The minimum atomic E-state index is -0.0682. The molecule has 4 nitrogen and oxygen atoms in total. The molecule has 0 fully saturated rings. The highest BCUT2D eigenvalue weighted by molar-refractivity contribution is 6.33. The molecule has 0 aromatic heterocycles. The SMILES string of the molecule is CCCC(C)NC(=O)CNc1ccc(C#N)cc1Cl. The molecule has 1 aromatic carbocycles. The average Bonchev–Trinajstić information content (AvgIpc) is 2.37. The molecule has 0 saturated heterocycles. The van der Waals surface area contributed by atoms with Gasteiger partial charge in [0.2, 0.25) is 5.91 Å². The first-order valence-electron chi connectivity index (χ1n) is 6.29. The van der Waals surface area contributed by atoms with Gasteiger partial charge in [0.15, 0.2) is 0 Å². The van der Waals surface area contributed by atoms with Crippen molar-refractivity contribution in [3.8, 4) is 6.07 Å². The Hall–Kier alpha value is -1.73. The molecule has 2 N–H and O–H groups in total. The second-order valence-electron chi connectivity index (χ2n) is 4.42. The summed E-state index contributed by atoms with van der Waals surface area (Å²) >= 11 is 6.00. The number of nitriles is 1. The molecule has 0 bridgehead atoms. The highest BCUT2D eigenvalue weighted by atomic mass is 35.5. The van der Waals surface area contributed by atoms with Gasteiger partial charge in [-0.05, 0) is 31.5 Å². The minimum Gasteiger partial charge on any atom is -0.375 e. The topological polar surface area (TPSA) is 64.9 Å². The van der Waals surface area contributed by atoms with Crippen LogP contribution in [0.5, 0.6) is 0 Å². The summed E-state index contributed by atoms with van der Waals surface area (Å²) < 4.78 is 0. The molecule has 1 atom stereocenters. The monoisotopic (exact) mass is 279 g/mol. The number of benzene rings is 1. The van der Waals surface area contributed by atoms with Gasteiger partial charge in [0.1, 0.15) is 0 Å². The predicted molar refractivity (Wildman–Crippen MR) is 77.2 cm³/mol. The molecule has 5 heteroatoms. The molecule has 1 amide bonds. The summed E-state index contributed by atoms with van der Waals surface area (Å²) in [5.74, 6) is -0.0682. The number of carbonyl (C=O) groups is 1. The smallest absolute Gasteiger partial charge is 0.239 e. The van der Waals surface area contributed by atoms with E-state index in [2.05, 4.69) is 17.6 Å². The summed E-state index contributed by atoms with van der Waals surface area (Å²) in [7, 11) is 0. The number of amides is 1. The van der Waals surface area contributed by atoms with Gasteiger partial charge in [-0.15, -0.1) is 0 Å². The summed E-state index contributed by atoms with van der Waals surface area (Å²) in [6, 6.07) is 7.11. The molecule has 0 heterocycles. The van der Waals surface area contributed by atoms with Crippen LogP contribution in [0.25, 0.3) is 0 Å². The van der Waals surface area contributed by atoms with Crippen LogP contribution < -0.4 is 10.6 Å². The summed E-state index contributed by atoms with van der Waals surface area (Å²) in [6.45, 7) is 4.23. The van der Waals surface area contributed by atoms with Crippen LogP contribution in [0.2, 0.25) is 5.02 Å². The lowest BCUT2D eigenvalue weighted by atomic mass is 10.2. The van der Waals surface area contributed by atoms with Crippen molar-refractivity contribution in [1.82, 2.24) is 5.32 Å². The van der Waals surface area contributed by atoms with Gasteiger partial charge in [0.05, 0.1) is 28.9 Å². The fourth-order valence-corrected chi connectivity index (χ4v) is 1.98. The zero-order chi connectivity index (χ0) is 14.3. The molecule has 0 aliphatic heterocycles. The van der Waals surface area contributed by atoms with E-state index in [1.807, 2.05) is 13.0 Å². The molecule has 1 rings (SSSR count). The van der Waals surface area contributed by atoms with Crippen molar-refractivity contribution in [1.29, 1.82) is 5.26 Å². The third-order valence-corrected chi connectivity index (χ3v) is 2.98. The lowest BCUT2D eigenvalue weighted by molar-refractivity contribution is -0.120. The third kappa shape index (κ3) is 5.19. The van der Waals surface area contributed by atoms with Crippen LogP contribution >= 0.6 is 11.6 Å². The zero-order valence-corrected chi connectivity index (χ0v) is 11.9. The van der Waals surface area contributed by atoms with E-state index in [9.17, 15) is 4.79 Å². The highest BCUT2D eigenvalue weighted by Gasteiger charge is 2.07. The molecule has 0 saturated carbocycles. The highest BCUT2D eigenvalue weighted by Crippen LogP contribution is 2.22. The Morgan fingerprint density at radius 1 is 1.53 bits per heavy atom. The van der Waals surface area contributed by atoms with E-state index in [1.54, 1.807) is 18.2 Å². The molecular weight excluding hydrogens is 262 g/mol. The predicted octanol–water partition coefficient (Wildman–Crippen LogP) is 2.93. The Labute approximate surface area is 118 Å². The van der Waals surface area contributed by atoms with Gasteiger partial charge in [-0.3, -0.25) is 4.79 Å². The van der Waals surface area contributed by atoms with Crippen LogP contribution in [0.4, 0.5) is 5.69 Å². The standard InChI is InChI=1S/C14H18ClN3O/c1-3-4-10(2)18-14(19)9-17-13-6-5-11(8-16)7-12(13)15/h5-7,10,17H,3-4,9H2,1-2H3,(H,18,19). The number of anilines is 1. The first-order chi connectivity index (χ1) is 9.06. The Balaban J connectivity index is 2.49. The minimum absolute atomic E-state index is 0.0682. The second kappa shape index (κ2) is 7.65. The lowest BCUT2D eigenvalue weighted by Gasteiger charge is -2.14. The van der Waals surface area contributed by atoms with Gasteiger partial charge in [-0.25, -0.2) is 0 Å². The van der Waals surface area contributed by atoms with Crippen molar-refractivity contribution in [3.05, 3.63) is 28.8 Å². The number of hydrogen-bond acceptors (Lipinski definition) is 3. The van der Waals surface area contributed by atoms with E-state index in [0.717, 1.165) is 12.8 Å². The van der Waals surface area contributed by atoms with Crippen LogP contribution in [0.3, 0.4) is 0 Å². The molecule has 19 heavy (non-hydrogen) atoms. The number of carbonyl (C=O) groups excluding carboxylic acids is 1. The van der Waals surface area contributed by atoms with Crippen molar-refractivity contribution in [2.75, 3.05) is 11.9 Å². The maximum Gasteiger partial charge on any atom is 0.239 e. The molecular formula is C14H18ClN3O. The lowest BCUT2D eigenvalue weighted by Crippen LogP contribution is -2.36. The summed E-state index contributed by atoms with van der Waals surface area (Å²) in [5, 5.41) is 15.0. The van der Waals surface area contributed by atoms with Crippen molar-refractivity contribution in [2.24, 2.45) is 0 Å². The van der Waals surface area contributed by atoms with Crippen molar-refractivity contribution < 1.29 is 4.79 Å².